The van der Waals surface area contributed by atoms with E-state index in [2.05, 4.69) is 27.4 Å². The van der Waals surface area contributed by atoms with Gasteiger partial charge in [-0.1, -0.05) is 17.9 Å². The molecule has 3 aliphatic rings. The monoisotopic (exact) mass is 509 g/mol. The number of piperidine rings is 3. The second-order valence-electron chi connectivity index (χ2n) is 10.3. The van der Waals surface area contributed by atoms with Crippen molar-refractivity contribution >= 4 is 29.6 Å². The van der Waals surface area contributed by atoms with Crippen molar-refractivity contribution in [1.29, 1.82) is 0 Å². The molecule has 1 unspecified atom stereocenters. The van der Waals surface area contributed by atoms with Gasteiger partial charge in [-0.05, 0) is 63.2 Å². The summed E-state index contributed by atoms with van der Waals surface area (Å²) in [4.78, 5) is 41.6. The number of hydrogen-bond acceptors (Lipinski definition) is 7. The van der Waals surface area contributed by atoms with Gasteiger partial charge in [-0.3, -0.25) is 19.7 Å². The van der Waals surface area contributed by atoms with Crippen molar-refractivity contribution in [1.82, 2.24) is 15.5 Å². The molecule has 37 heavy (non-hydrogen) atoms. The Bertz CT molecular complexity index is 1020. The van der Waals surface area contributed by atoms with E-state index in [-0.39, 0.29) is 24.3 Å². The Hall–Kier alpha value is -2.93. The normalized spacial score (nSPS) is 21.6. The van der Waals surface area contributed by atoms with Crippen LogP contribution in [0.15, 0.2) is 18.2 Å². The van der Waals surface area contributed by atoms with Crippen LogP contribution in [-0.4, -0.2) is 88.7 Å². The molecule has 0 aliphatic carbocycles. The van der Waals surface area contributed by atoms with E-state index in [0.717, 1.165) is 51.3 Å². The maximum absolute atomic E-state index is 12.4. The van der Waals surface area contributed by atoms with Gasteiger partial charge in [-0.2, -0.15) is 0 Å². The number of likely N-dealkylation sites (N-methyl/N-ethyl adjacent to an activating group) is 1. The number of para-hydroxylation sites is 1. The van der Waals surface area contributed by atoms with E-state index in [0.29, 0.717) is 30.0 Å². The Balaban J connectivity index is 1.35. The van der Waals surface area contributed by atoms with Crippen LogP contribution in [-0.2, 0) is 19.1 Å². The molecule has 0 aromatic heterocycles. The van der Waals surface area contributed by atoms with Gasteiger partial charge in [-0.25, -0.2) is 0 Å². The molecule has 4 rings (SSSR count). The van der Waals surface area contributed by atoms with E-state index < -0.39 is 6.04 Å². The Kier molecular flexibility index (Phi) is 9.56. The van der Waals surface area contributed by atoms with Crippen molar-refractivity contribution in [2.75, 3.05) is 63.2 Å². The number of imide groups is 1. The first-order chi connectivity index (χ1) is 18.0. The molecule has 3 aliphatic heterocycles. The summed E-state index contributed by atoms with van der Waals surface area (Å²) in [7, 11) is 3.47. The van der Waals surface area contributed by atoms with Gasteiger partial charge in [0.1, 0.15) is 12.6 Å². The Labute approximate surface area is 219 Å². The highest BCUT2D eigenvalue weighted by molar-refractivity contribution is 6.02. The Morgan fingerprint density at radius 3 is 2.57 bits per heavy atom. The summed E-state index contributed by atoms with van der Waals surface area (Å²) in [6.07, 6.45) is 6.27. The van der Waals surface area contributed by atoms with Crippen LogP contribution in [0.5, 0.6) is 0 Å². The zero-order chi connectivity index (χ0) is 26.2. The van der Waals surface area contributed by atoms with Crippen LogP contribution in [0.2, 0.25) is 0 Å². The van der Waals surface area contributed by atoms with Gasteiger partial charge < -0.3 is 24.8 Å². The van der Waals surface area contributed by atoms with Crippen molar-refractivity contribution in [3.8, 4) is 11.8 Å². The molecule has 0 spiro atoms. The molecule has 0 bridgehead atoms. The molecular weight excluding hydrogens is 470 g/mol. The lowest BCUT2D eigenvalue weighted by Crippen LogP contribution is -2.51. The molecule has 9 nitrogen and oxygen atoms in total. The van der Waals surface area contributed by atoms with Gasteiger partial charge >= 0.3 is 0 Å². The predicted octanol–water partition coefficient (Wildman–Crippen LogP) is 1.35. The molecule has 1 aromatic rings. The summed E-state index contributed by atoms with van der Waals surface area (Å²) in [6, 6.07) is 5.09. The Morgan fingerprint density at radius 1 is 1.11 bits per heavy atom. The highest BCUT2D eigenvalue weighted by Gasteiger charge is 2.31. The third-order valence-corrected chi connectivity index (χ3v) is 7.71. The van der Waals surface area contributed by atoms with E-state index in [4.69, 9.17) is 4.74 Å². The molecule has 1 atom stereocenters. The van der Waals surface area contributed by atoms with Crippen LogP contribution in [0.4, 0.5) is 11.4 Å². The highest BCUT2D eigenvalue weighted by atomic mass is 16.5. The molecule has 3 amide bonds. The number of carbonyl (C=O) groups excluding carboxylic acids is 3. The van der Waals surface area contributed by atoms with Crippen molar-refractivity contribution < 1.29 is 19.1 Å². The molecule has 9 heteroatoms. The molecule has 0 saturated carbocycles. The number of nitrogens with zero attached hydrogens (tertiary/aromatic N) is 3. The molecular formula is C28H39N5O4. The molecule has 0 radical (unpaired) electrons. The minimum absolute atomic E-state index is 0.223. The van der Waals surface area contributed by atoms with E-state index >= 15 is 0 Å². The third-order valence-electron chi connectivity index (χ3n) is 7.71. The van der Waals surface area contributed by atoms with Gasteiger partial charge in [0.25, 0.3) is 0 Å². The minimum atomic E-state index is -0.497. The Morgan fingerprint density at radius 2 is 1.86 bits per heavy atom. The van der Waals surface area contributed by atoms with Crippen molar-refractivity contribution in [2.24, 2.45) is 5.92 Å². The summed E-state index contributed by atoms with van der Waals surface area (Å²) >= 11 is 0. The number of rotatable bonds is 8. The minimum Gasteiger partial charge on any atom is -0.365 e. The fourth-order valence-corrected chi connectivity index (χ4v) is 5.54. The number of ether oxygens (including phenoxy) is 1. The summed E-state index contributed by atoms with van der Waals surface area (Å²) in [5, 5.41) is 5.84. The van der Waals surface area contributed by atoms with Crippen molar-refractivity contribution in [3.05, 3.63) is 23.8 Å². The lowest BCUT2D eigenvalue weighted by Gasteiger charge is -2.35. The predicted molar refractivity (Wildman–Crippen MR) is 143 cm³/mol. The molecule has 1 aromatic carbocycles. The van der Waals surface area contributed by atoms with Crippen molar-refractivity contribution in [3.63, 3.8) is 0 Å². The summed E-state index contributed by atoms with van der Waals surface area (Å²) in [5.41, 5.74) is 2.02. The lowest BCUT2D eigenvalue weighted by atomic mass is 9.96. The summed E-state index contributed by atoms with van der Waals surface area (Å²) in [5.74, 6) is 6.53. The zero-order valence-electron chi connectivity index (χ0n) is 22.0. The van der Waals surface area contributed by atoms with Gasteiger partial charge in [-0.15, -0.1) is 0 Å². The second kappa shape index (κ2) is 13.0. The zero-order valence-corrected chi connectivity index (χ0v) is 22.0. The first-order valence-corrected chi connectivity index (χ1v) is 13.4. The third kappa shape index (κ3) is 7.10. The van der Waals surface area contributed by atoms with E-state index in [1.807, 2.05) is 23.1 Å². The number of nitrogens with one attached hydrogen (secondary N) is 2. The maximum atomic E-state index is 12.4. The van der Waals surface area contributed by atoms with Crippen LogP contribution in [0.3, 0.4) is 0 Å². The topological polar surface area (TPSA) is 94.2 Å². The average molecular weight is 510 g/mol. The van der Waals surface area contributed by atoms with E-state index in [9.17, 15) is 14.4 Å². The number of carbonyl (C=O) groups is 3. The van der Waals surface area contributed by atoms with Crippen LogP contribution < -0.4 is 20.4 Å². The van der Waals surface area contributed by atoms with Crippen LogP contribution in [0.1, 0.15) is 44.1 Å². The number of benzene rings is 1. The van der Waals surface area contributed by atoms with Gasteiger partial charge in [0.2, 0.25) is 18.2 Å². The SMILES string of the molecule is CN(C=O)c1c(C#CCOC2CCN(CC3CCNCC3)CC2)cccc1N(C)C1CCC(=O)NC1=O. The van der Waals surface area contributed by atoms with Crippen LogP contribution in [0, 0.1) is 17.8 Å². The van der Waals surface area contributed by atoms with Crippen LogP contribution >= 0.6 is 0 Å². The molecule has 3 heterocycles. The molecule has 3 saturated heterocycles. The van der Waals surface area contributed by atoms with Gasteiger partial charge in [0.05, 0.1) is 23.0 Å². The first kappa shape index (κ1) is 27.1. The fourth-order valence-electron chi connectivity index (χ4n) is 5.54. The summed E-state index contributed by atoms with van der Waals surface area (Å²) in [6.45, 7) is 5.96. The van der Waals surface area contributed by atoms with E-state index in [1.165, 1.54) is 24.3 Å². The number of hydrogen-bond donors (Lipinski definition) is 2. The number of anilines is 2. The average Bonchev–Trinajstić information content (AvgIpc) is 2.91. The quantitative estimate of drug-likeness (QED) is 0.310. The fraction of sp³-hybridized carbons (Fsp3) is 0.607. The van der Waals surface area contributed by atoms with Crippen LogP contribution in [0.25, 0.3) is 0 Å². The lowest BCUT2D eigenvalue weighted by molar-refractivity contribution is -0.134. The van der Waals surface area contributed by atoms with Gasteiger partial charge in [0.15, 0.2) is 0 Å². The smallest absolute Gasteiger partial charge is 0.249 e. The first-order valence-electron chi connectivity index (χ1n) is 13.4. The van der Waals surface area contributed by atoms with Gasteiger partial charge in [0, 0.05) is 40.2 Å². The molecule has 3 fully saturated rings. The maximum Gasteiger partial charge on any atom is 0.249 e. The largest absolute Gasteiger partial charge is 0.365 e. The molecule has 200 valence electrons. The van der Waals surface area contributed by atoms with E-state index in [1.54, 1.807) is 14.1 Å². The van der Waals surface area contributed by atoms with Crippen molar-refractivity contribution in [2.45, 2.75) is 50.7 Å². The highest BCUT2D eigenvalue weighted by Crippen LogP contribution is 2.33. The number of amides is 3. The standard InChI is InChI=1S/C28H39N5O4/c1-31(20-34)27-22(5-3-7-24(27)32(2)25-8-9-26(35)30-28(25)36)6-4-18-37-23-12-16-33(17-13-23)19-21-10-14-29-15-11-21/h3,5,7,20-21,23,25,29H,8-19H2,1-2H3,(H,30,35,36). The number of likely N-dealkylation sites (tertiary alicyclic amines) is 1. The second-order valence-corrected chi connectivity index (χ2v) is 10.3. The summed E-state index contributed by atoms with van der Waals surface area (Å²) < 4.78 is 6.08. The molecule has 2 N–H and O–H groups in total.